The van der Waals surface area contributed by atoms with E-state index in [1.165, 1.54) is 51.4 Å². The molecule has 0 atom stereocenters. The number of carboxylic acid groups (broad SMARTS) is 3. The molecule has 0 saturated heterocycles. The molecule has 3 N–H and O–H groups in total. The lowest BCUT2D eigenvalue weighted by atomic mass is 10.1. The van der Waals surface area contributed by atoms with Gasteiger partial charge in [-0.1, -0.05) is 64.0 Å². The lowest BCUT2D eigenvalue weighted by molar-refractivity contribution is -0.907. The number of hydrogen-bond donors (Lipinski definition) is 3. The van der Waals surface area contributed by atoms with Gasteiger partial charge in [0.25, 0.3) is 0 Å². The molecule has 0 bridgehead atoms. The molecule has 0 aromatic rings. The van der Waals surface area contributed by atoms with Crippen LogP contribution >= 0.6 is 0 Å². The highest BCUT2D eigenvalue weighted by Crippen LogP contribution is 2.14. The van der Waals surface area contributed by atoms with Gasteiger partial charge < -0.3 is 15.3 Å². The number of allylic oxidation sites excluding steroid dienone is 2. The van der Waals surface area contributed by atoms with Crippen molar-refractivity contribution in [2.75, 3.05) is 26.2 Å². The quantitative estimate of drug-likeness (QED) is 0.139. The van der Waals surface area contributed by atoms with Crippen molar-refractivity contribution in [3.8, 4) is 0 Å². The largest absolute Gasteiger partial charge is 0.477 e. The topological polar surface area (TPSA) is 112 Å². The number of carbonyl (C=O) groups is 3. The van der Waals surface area contributed by atoms with Crippen molar-refractivity contribution in [2.24, 2.45) is 0 Å². The fourth-order valence-electron chi connectivity index (χ4n) is 3.78. The molecule has 174 valence electrons. The highest BCUT2D eigenvalue weighted by atomic mass is 16.4. The van der Waals surface area contributed by atoms with Crippen molar-refractivity contribution in [2.45, 2.75) is 90.4 Å². The Morgan fingerprint density at radius 2 is 0.967 bits per heavy atom. The third kappa shape index (κ3) is 17.0. The second kappa shape index (κ2) is 17.9. The third-order valence-corrected chi connectivity index (χ3v) is 5.31. The van der Waals surface area contributed by atoms with E-state index in [1.54, 1.807) is 0 Å². The van der Waals surface area contributed by atoms with Crippen molar-refractivity contribution in [3.63, 3.8) is 0 Å². The molecule has 0 rings (SSSR count). The van der Waals surface area contributed by atoms with E-state index in [0.29, 0.717) is 6.42 Å². The number of quaternary nitrogens is 1. The zero-order chi connectivity index (χ0) is 22.7. The van der Waals surface area contributed by atoms with Crippen LogP contribution in [0.15, 0.2) is 12.2 Å². The van der Waals surface area contributed by atoms with Crippen molar-refractivity contribution < 1.29 is 34.2 Å². The molecular formula is C23H42NO6+. The predicted octanol–water partition coefficient (Wildman–Crippen LogP) is 4.70. The Bertz CT molecular complexity index is 477. The standard InChI is InChI=1S/C23H41NO6/c1-2-3-4-5-6-7-8-9-10-11-12-13-14-15-16-17-24(18-21(25)26,19-22(27)28)20-23(29)30/h6-7H,2-5,8-20H2,1H3,(H2-,25,26,27,28,29,30)/p+1/b7-6+. The molecule has 30 heavy (non-hydrogen) atoms. The van der Waals surface area contributed by atoms with Crippen LogP contribution < -0.4 is 0 Å². The van der Waals surface area contributed by atoms with Gasteiger partial charge in [0, 0.05) is 0 Å². The summed E-state index contributed by atoms with van der Waals surface area (Å²) in [7, 11) is 0. The van der Waals surface area contributed by atoms with Gasteiger partial charge in [0.1, 0.15) is 0 Å². The van der Waals surface area contributed by atoms with Crippen LogP contribution in [0.2, 0.25) is 0 Å². The van der Waals surface area contributed by atoms with Gasteiger partial charge in [-0.05, 0) is 38.5 Å². The fourth-order valence-corrected chi connectivity index (χ4v) is 3.78. The Morgan fingerprint density at radius 1 is 0.600 bits per heavy atom. The van der Waals surface area contributed by atoms with Gasteiger partial charge in [-0.15, -0.1) is 0 Å². The Morgan fingerprint density at radius 3 is 1.37 bits per heavy atom. The van der Waals surface area contributed by atoms with Gasteiger partial charge >= 0.3 is 17.9 Å². The maximum absolute atomic E-state index is 11.1. The van der Waals surface area contributed by atoms with E-state index in [2.05, 4.69) is 19.1 Å². The van der Waals surface area contributed by atoms with Crippen LogP contribution in [0, 0.1) is 0 Å². The lowest BCUT2D eigenvalue weighted by Gasteiger charge is -2.34. The molecule has 0 aliphatic rings. The molecule has 0 amide bonds. The second-order valence-electron chi connectivity index (χ2n) is 8.31. The zero-order valence-electron chi connectivity index (χ0n) is 18.7. The fraction of sp³-hybridized carbons (Fsp3) is 0.783. The average Bonchev–Trinajstić information content (AvgIpc) is 2.63. The molecular weight excluding hydrogens is 386 g/mol. The predicted molar refractivity (Wildman–Crippen MR) is 117 cm³/mol. The van der Waals surface area contributed by atoms with Crippen LogP contribution in [-0.4, -0.2) is 63.9 Å². The molecule has 0 spiro atoms. The molecule has 0 aromatic heterocycles. The van der Waals surface area contributed by atoms with E-state index < -0.39 is 42.0 Å². The minimum absolute atomic E-state index is 0.259. The second-order valence-corrected chi connectivity index (χ2v) is 8.31. The number of carboxylic acids is 3. The monoisotopic (exact) mass is 428 g/mol. The maximum Gasteiger partial charge on any atom is 0.359 e. The highest BCUT2D eigenvalue weighted by Gasteiger charge is 2.35. The summed E-state index contributed by atoms with van der Waals surface area (Å²) in [6.07, 6.45) is 19.2. The molecule has 0 saturated carbocycles. The summed E-state index contributed by atoms with van der Waals surface area (Å²) in [5, 5.41) is 27.3. The van der Waals surface area contributed by atoms with Crippen LogP contribution in [0.5, 0.6) is 0 Å². The minimum atomic E-state index is -1.17. The summed E-state index contributed by atoms with van der Waals surface area (Å²) in [5.74, 6) is -3.52. The van der Waals surface area contributed by atoms with Gasteiger partial charge in [0.15, 0.2) is 19.6 Å². The van der Waals surface area contributed by atoms with E-state index in [-0.39, 0.29) is 6.54 Å². The highest BCUT2D eigenvalue weighted by molar-refractivity contribution is 5.73. The lowest BCUT2D eigenvalue weighted by Crippen LogP contribution is -2.57. The van der Waals surface area contributed by atoms with Crippen LogP contribution in [0.25, 0.3) is 0 Å². The first-order valence-electron chi connectivity index (χ1n) is 11.5. The molecule has 0 unspecified atom stereocenters. The normalized spacial score (nSPS) is 11.8. The van der Waals surface area contributed by atoms with Crippen LogP contribution in [0.3, 0.4) is 0 Å². The van der Waals surface area contributed by atoms with Gasteiger partial charge in [-0.25, -0.2) is 14.4 Å². The van der Waals surface area contributed by atoms with Crippen molar-refractivity contribution >= 4 is 17.9 Å². The van der Waals surface area contributed by atoms with E-state index in [9.17, 15) is 14.4 Å². The van der Waals surface area contributed by atoms with Crippen molar-refractivity contribution in [3.05, 3.63) is 12.2 Å². The van der Waals surface area contributed by atoms with E-state index >= 15 is 0 Å². The number of unbranched alkanes of at least 4 members (excludes halogenated alkanes) is 11. The van der Waals surface area contributed by atoms with Crippen LogP contribution in [0.4, 0.5) is 0 Å². The molecule has 7 nitrogen and oxygen atoms in total. The Balaban J connectivity index is 3.94. The average molecular weight is 429 g/mol. The molecule has 7 heteroatoms. The number of aliphatic carboxylic acids is 3. The number of rotatable bonds is 21. The molecule has 0 aliphatic carbocycles. The van der Waals surface area contributed by atoms with E-state index in [0.717, 1.165) is 25.7 Å². The molecule has 0 heterocycles. The molecule has 0 radical (unpaired) electrons. The minimum Gasteiger partial charge on any atom is -0.477 e. The zero-order valence-corrected chi connectivity index (χ0v) is 18.7. The first-order chi connectivity index (χ1) is 14.3. The number of hydrogen-bond acceptors (Lipinski definition) is 3. The van der Waals surface area contributed by atoms with Gasteiger partial charge in [-0.3, -0.25) is 4.48 Å². The maximum atomic E-state index is 11.1. The summed E-state index contributed by atoms with van der Waals surface area (Å²) in [6.45, 7) is 1.03. The summed E-state index contributed by atoms with van der Waals surface area (Å²) >= 11 is 0. The summed E-state index contributed by atoms with van der Waals surface area (Å²) < 4.78 is -0.439. The Labute approximate surface area is 181 Å². The van der Waals surface area contributed by atoms with Crippen molar-refractivity contribution in [1.82, 2.24) is 0 Å². The van der Waals surface area contributed by atoms with E-state index in [1.807, 2.05) is 0 Å². The third-order valence-electron chi connectivity index (χ3n) is 5.31. The number of nitrogens with zero attached hydrogens (tertiary/aromatic N) is 1. The van der Waals surface area contributed by atoms with Crippen molar-refractivity contribution in [1.29, 1.82) is 0 Å². The first kappa shape index (κ1) is 28.1. The van der Waals surface area contributed by atoms with Gasteiger partial charge in [-0.2, -0.15) is 0 Å². The SMILES string of the molecule is CCCCC/C=C/CCCCCCCCCC[N+](CC(=O)O)(CC(=O)O)CC(=O)O. The summed E-state index contributed by atoms with van der Waals surface area (Å²) in [4.78, 5) is 33.4. The van der Waals surface area contributed by atoms with E-state index in [4.69, 9.17) is 15.3 Å². The van der Waals surface area contributed by atoms with Crippen LogP contribution in [-0.2, 0) is 14.4 Å². The first-order valence-corrected chi connectivity index (χ1v) is 11.5. The molecule has 0 aromatic carbocycles. The van der Waals surface area contributed by atoms with Crippen LogP contribution in [0.1, 0.15) is 90.4 Å². The smallest absolute Gasteiger partial charge is 0.359 e. The molecule has 0 aliphatic heterocycles. The van der Waals surface area contributed by atoms with Gasteiger partial charge in [0.2, 0.25) is 0 Å². The van der Waals surface area contributed by atoms with Gasteiger partial charge in [0.05, 0.1) is 6.54 Å². The molecule has 0 fully saturated rings. The Hall–Kier alpha value is -1.89. The Kier molecular flexibility index (Phi) is 16.8. The summed E-state index contributed by atoms with van der Waals surface area (Å²) in [5.41, 5.74) is 0. The summed E-state index contributed by atoms with van der Waals surface area (Å²) in [6, 6.07) is 0.